The molecule has 2 aromatic carbocycles. The number of methoxy groups -OCH3 is 1. The number of hydrogen-bond donors (Lipinski definition) is 1. The van der Waals surface area contributed by atoms with Gasteiger partial charge < -0.3 is 15.0 Å². The first-order valence-electron chi connectivity index (χ1n) is 9.17. The van der Waals surface area contributed by atoms with Crippen LogP contribution in [0.3, 0.4) is 0 Å². The summed E-state index contributed by atoms with van der Waals surface area (Å²) in [6.07, 6.45) is 2.94. The molecule has 1 heterocycles. The van der Waals surface area contributed by atoms with E-state index in [2.05, 4.69) is 15.3 Å². The Labute approximate surface area is 169 Å². The highest BCUT2D eigenvalue weighted by Gasteiger charge is 2.15. The van der Waals surface area contributed by atoms with E-state index in [1.807, 2.05) is 61.2 Å². The molecule has 1 N–H and O–H groups in total. The second-order valence-electron chi connectivity index (χ2n) is 6.37. The standard InChI is InChI=1S/C22H22N4O3/c1-4-26(20-14-23-13-19(25-20)22(28)29-3)18-10-6-9-17(12-18)24-21(27)16-8-5-7-15(2)11-16/h5-14H,4H2,1-3H3,(H,24,27). The quantitative estimate of drug-likeness (QED) is 0.641. The number of carbonyl (C=O) groups is 2. The molecule has 3 rings (SSSR count). The number of esters is 1. The van der Waals surface area contributed by atoms with Crippen LogP contribution in [0.2, 0.25) is 0 Å². The molecular formula is C22H22N4O3. The molecule has 0 bridgehead atoms. The second kappa shape index (κ2) is 8.97. The summed E-state index contributed by atoms with van der Waals surface area (Å²) in [7, 11) is 1.30. The van der Waals surface area contributed by atoms with Crippen molar-refractivity contribution >= 4 is 29.1 Å². The number of amides is 1. The molecule has 0 atom stereocenters. The molecule has 29 heavy (non-hydrogen) atoms. The van der Waals surface area contributed by atoms with Gasteiger partial charge in [0, 0.05) is 23.5 Å². The average molecular weight is 390 g/mol. The second-order valence-corrected chi connectivity index (χ2v) is 6.37. The van der Waals surface area contributed by atoms with Gasteiger partial charge in [-0.2, -0.15) is 0 Å². The average Bonchev–Trinajstić information content (AvgIpc) is 2.74. The van der Waals surface area contributed by atoms with Gasteiger partial charge in [0.15, 0.2) is 11.5 Å². The summed E-state index contributed by atoms with van der Waals surface area (Å²) in [6.45, 7) is 4.50. The highest BCUT2D eigenvalue weighted by Crippen LogP contribution is 2.26. The van der Waals surface area contributed by atoms with Crippen molar-refractivity contribution in [3.05, 3.63) is 77.7 Å². The third kappa shape index (κ3) is 4.76. The molecule has 0 saturated carbocycles. The Kier molecular flexibility index (Phi) is 6.19. The smallest absolute Gasteiger partial charge is 0.358 e. The van der Waals surface area contributed by atoms with Crippen LogP contribution in [-0.2, 0) is 4.74 Å². The Balaban J connectivity index is 1.85. The van der Waals surface area contributed by atoms with E-state index in [1.54, 1.807) is 12.3 Å². The maximum atomic E-state index is 12.5. The SMILES string of the molecule is CCN(c1cccc(NC(=O)c2cccc(C)c2)c1)c1cncc(C(=O)OC)n1. The highest BCUT2D eigenvalue weighted by atomic mass is 16.5. The number of aryl methyl sites for hydroxylation is 1. The van der Waals surface area contributed by atoms with Crippen LogP contribution in [0.4, 0.5) is 17.2 Å². The number of ether oxygens (including phenoxy) is 1. The fraction of sp³-hybridized carbons (Fsp3) is 0.182. The molecule has 0 radical (unpaired) electrons. The summed E-state index contributed by atoms with van der Waals surface area (Å²) in [5.41, 5.74) is 3.22. The van der Waals surface area contributed by atoms with Gasteiger partial charge in [-0.3, -0.25) is 9.78 Å². The van der Waals surface area contributed by atoms with Gasteiger partial charge in [0.2, 0.25) is 0 Å². The van der Waals surface area contributed by atoms with E-state index in [1.165, 1.54) is 13.3 Å². The summed E-state index contributed by atoms with van der Waals surface area (Å²) in [4.78, 5) is 34.6. The Hall–Kier alpha value is -3.74. The number of carbonyl (C=O) groups excluding carboxylic acids is 2. The van der Waals surface area contributed by atoms with Crippen LogP contribution in [0.5, 0.6) is 0 Å². The molecule has 0 aliphatic rings. The number of nitrogens with one attached hydrogen (secondary N) is 1. The monoisotopic (exact) mass is 390 g/mol. The molecule has 0 aliphatic heterocycles. The van der Waals surface area contributed by atoms with E-state index in [9.17, 15) is 9.59 Å². The fourth-order valence-corrected chi connectivity index (χ4v) is 2.91. The van der Waals surface area contributed by atoms with Crippen molar-refractivity contribution in [2.24, 2.45) is 0 Å². The molecule has 1 amide bonds. The minimum atomic E-state index is -0.547. The number of hydrogen-bond acceptors (Lipinski definition) is 6. The summed E-state index contributed by atoms with van der Waals surface area (Å²) < 4.78 is 4.72. The maximum Gasteiger partial charge on any atom is 0.358 e. The number of benzene rings is 2. The predicted octanol–water partition coefficient (Wildman–Crippen LogP) is 3.98. The lowest BCUT2D eigenvalue weighted by Gasteiger charge is -2.22. The summed E-state index contributed by atoms with van der Waals surface area (Å²) in [5, 5.41) is 2.92. The van der Waals surface area contributed by atoms with Gasteiger partial charge in [0.1, 0.15) is 0 Å². The lowest BCUT2D eigenvalue weighted by atomic mass is 10.1. The van der Waals surface area contributed by atoms with Crippen LogP contribution in [-0.4, -0.2) is 35.5 Å². The van der Waals surface area contributed by atoms with Crippen LogP contribution in [0, 0.1) is 6.92 Å². The first kappa shape index (κ1) is 20.0. The Morgan fingerprint density at radius 2 is 1.90 bits per heavy atom. The number of anilines is 3. The maximum absolute atomic E-state index is 12.5. The Morgan fingerprint density at radius 3 is 2.62 bits per heavy atom. The molecule has 7 nitrogen and oxygen atoms in total. The zero-order chi connectivity index (χ0) is 20.8. The minimum absolute atomic E-state index is 0.132. The van der Waals surface area contributed by atoms with Gasteiger partial charge in [-0.25, -0.2) is 9.78 Å². The van der Waals surface area contributed by atoms with Crippen molar-refractivity contribution in [3.8, 4) is 0 Å². The molecule has 0 unspecified atom stereocenters. The van der Waals surface area contributed by atoms with Crippen molar-refractivity contribution < 1.29 is 14.3 Å². The normalized spacial score (nSPS) is 10.3. The first-order chi connectivity index (χ1) is 14.0. The third-order valence-electron chi connectivity index (χ3n) is 4.31. The van der Waals surface area contributed by atoms with E-state index in [4.69, 9.17) is 4.74 Å². The van der Waals surface area contributed by atoms with E-state index >= 15 is 0 Å². The van der Waals surface area contributed by atoms with E-state index < -0.39 is 5.97 Å². The lowest BCUT2D eigenvalue weighted by Crippen LogP contribution is -2.19. The van der Waals surface area contributed by atoms with Crippen molar-refractivity contribution in [2.75, 3.05) is 23.9 Å². The largest absolute Gasteiger partial charge is 0.464 e. The summed E-state index contributed by atoms with van der Waals surface area (Å²) >= 11 is 0. The third-order valence-corrected chi connectivity index (χ3v) is 4.31. The lowest BCUT2D eigenvalue weighted by molar-refractivity contribution is 0.0593. The molecule has 148 valence electrons. The van der Waals surface area contributed by atoms with Crippen LogP contribution < -0.4 is 10.2 Å². The molecule has 0 saturated heterocycles. The van der Waals surface area contributed by atoms with Crippen LogP contribution >= 0.6 is 0 Å². The first-order valence-corrected chi connectivity index (χ1v) is 9.17. The fourth-order valence-electron chi connectivity index (χ4n) is 2.91. The number of aromatic nitrogens is 2. The Morgan fingerprint density at radius 1 is 1.10 bits per heavy atom. The molecule has 0 fully saturated rings. The van der Waals surface area contributed by atoms with E-state index in [0.717, 1.165) is 11.3 Å². The molecule has 0 aliphatic carbocycles. The van der Waals surface area contributed by atoms with Crippen LogP contribution in [0.15, 0.2) is 60.9 Å². The molecule has 1 aromatic heterocycles. The van der Waals surface area contributed by atoms with Crippen LogP contribution in [0.1, 0.15) is 33.3 Å². The van der Waals surface area contributed by atoms with Crippen molar-refractivity contribution in [2.45, 2.75) is 13.8 Å². The highest BCUT2D eigenvalue weighted by molar-refractivity contribution is 6.04. The van der Waals surface area contributed by atoms with E-state index in [-0.39, 0.29) is 11.6 Å². The van der Waals surface area contributed by atoms with E-state index in [0.29, 0.717) is 23.6 Å². The number of nitrogens with zero attached hydrogens (tertiary/aromatic N) is 3. The predicted molar refractivity (Wildman–Crippen MR) is 112 cm³/mol. The zero-order valence-corrected chi connectivity index (χ0v) is 16.5. The van der Waals surface area contributed by atoms with Gasteiger partial charge in [-0.05, 0) is 44.2 Å². The van der Waals surface area contributed by atoms with Gasteiger partial charge in [-0.15, -0.1) is 0 Å². The van der Waals surface area contributed by atoms with Crippen molar-refractivity contribution in [3.63, 3.8) is 0 Å². The molecule has 3 aromatic rings. The van der Waals surface area contributed by atoms with Gasteiger partial charge in [-0.1, -0.05) is 23.8 Å². The zero-order valence-electron chi connectivity index (χ0n) is 16.5. The van der Waals surface area contributed by atoms with Gasteiger partial charge in [0.25, 0.3) is 5.91 Å². The molecular weight excluding hydrogens is 368 g/mol. The molecule has 7 heteroatoms. The van der Waals surface area contributed by atoms with Crippen LogP contribution in [0.25, 0.3) is 0 Å². The topological polar surface area (TPSA) is 84.4 Å². The van der Waals surface area contributed by atoms with Gasteiger partial charge >= 0.3 is 5.97 Å². The minimum Gasteiger partial charge on any atom is -0.464 e. The Bertz CT molecular complexity index is 1040. The molecule has 0 spiro atoms. The van der Waals surface area contributed by atoms with Gasteiger partial charge in [0.05, 0.1) is 19.5 Å². The summed E-state index contributed by atoms with van der Waals surface area (Å²) in [6, 6.07) is 14.8. The van der Waals surface area contributed by atoms with Crippen molar-refractivity contribution in [1.29, 1.82) is 0 Å². The summed E-state index contributed by atoms with van der Waals surface area (Å²) in [5.74, 6) is -0.214. The van der Waals surface area contributed by atoms with Crippen molar-refractivity contribution in [1.82, 2.24) is 9.97 Å². The number of rotatable bonds is 6.